The van der Waals surface area contributed by atoms with Crippen molar-refractivity contribution in [2.24, 2.45) is 0 Å². The number of hydrogen-bond donors (Lipinski definition) is 1. The van der Waals surface area contributed by atoms with E-state index in [1.165, 1.54) is 10.9 Å². The third-order valence-electron chi connectivity index (χ3n) is 4.07. The van der Waals surface area contributed by atoms with E-state index in [-0.39, 0.29) is 19.0 Å². The maximum Gasteiger partial charge on any atom is 0.204 e. The molecule has 0 aliphatic heterocycles. The SMILES string of the molecule is Cc1cc(-c2nnn(C[C@@H](O)COc3c(C)cccc3C)n2)ccc1F. The highest BCUT2D eigenvalue weighted by Gasteiger charge is 2.13. The molecule has 0 spiro atoms. The van der Waals surface area contributed by atoms with Gasteiger partial charge in [-0.3, -0.25) is 0 Å². The van der Waals surface area contributed by atoms with E-state index < -0.39 is 6.10 Å². The normalized spacial score (nSPS) is 12.2. The fourth-order valence-corrected chi connectivity index (χ4v) is 2.67. The predicted molar refractivity (Wildman–Crippen MR) is 95.4 cm³/mol. The fourth-order valence-electron chi connectivity index (χ4n) is 2.67. The molecule has 0 unspecified atom stereocenters. The molecule has 0 aliphatic rings. The minimum atomic E-state index is -0.786. The third-order valence-corrected chi connectivity index (χ3v) is 4.07. The van der Waals surface area contributed by atoms with Crippen molar-refractivity contribution in [1.29, 1.82) is 0 Å². The molecule has 1 N–H and O–H groups in total. The standard InChI is InChI=1S/C19H21FN4O2/c1-12-5-4-6-13(2)18(12)26-11-16(25)10-24-22-19(21-23-24)15-7-8-17(20)14(3)9-15/h4-9,16,25H,10-11H2,1-3H3/t16-/m1/s1. The van der Waals surface area contributed by atoms with Crippen molar-refractivity contribution >= 4 is 0 Å². The highest BCUT2D eigenvalue weighted by atomic mass is 19.1. The minimum absolute atomic E-state index is 0.123. The zero-order valence-corrected chi connectivity index (χ0v) is 15.0. The van der Waals surface area contributed by atoms with Crippen LogP contribution in [0, 0.1) is 26.6 Å². The molecule has 0 radical (unpaired) electrons. The van der Waals surface area contributed by atoms with Gasteiger partial charge in [0.05, 0.1) is 6.54 Å². The first kappa shape index (κ1) is 18.0. The van der Waals surface area contributed by atoms with E-state index in [2.05, 4.69) is 15.4 Å². The molecular formula is C19H21FN4O2. The number of para-hydroxylation sites is 1. The van der Waals surface area contributed by atoms with Crippen molar-refractivity contribution in [3.8, 4) is 17.1 Å². The molecule has 2 aromatic carbocycles. The van der Waals surface area contributed by atoms with Crippen LogP contribution in [0.2, 0.25) is 0 Å². The molecule has 7 heteroatoms. The Morgan fingerprint density at radius 1 is 1.12 bits per heavy atom. The summed E-state index contributed by atoms with van der Waals surface area (Å²) in [5, 5.41) is 22.3. The van der Waals surface area contributed by atoms with Crippen molar-refractivity contribution in [1.82, 2.24) is 20.2 Å². The quantitative estimate of drug-likeness (QED) is 0.735. The average Bonchev–Trinajstić information content (AvgIpc) is 3.05. The van der Waals surface area contributed by atoms with Gasteiger partial charge in [-0.15, -0.1) is 10.2 Å². The van der Waals surface area contributed by atoms with E-state index in [0.717, 1.165) is 16.9 Å². The minimum Gasteiger partial charge on any atom is -0.490 e. The Balaban J connectivity index is 1.62. The summed E-state index contributed by atoms with van der Waals surface area (Å²) in [6.45, 7) is 5.88. The number of aryl methyl sites for hydroxylation is 3. The lowest BCUT2D eigenvalue weighted by Gasteiger charge is -2.15. The summed E-state index contributed by atoms with van der Waals surface area (Å²) in [5.74, 6) is 0.886. The van der Waals surface area contributed by atoms with E-state index in [1.807, 2.05) is 32.0 Å². The van der Waals surface area contributed by atoms with Gasteiger partial charge >= 0.3 is 0 Å². The number of tetrazole rings is 1. The Morgan fingerprint density at radius 3 is 2.54 bits per heavy atom. The lowest BCUT2D eigenvalue weighted by molar-refractivity contribution is 0.0844. The lowest BCUT2D eigenvalue weighted by atomic mass is 10.1. The van der Waals surface area contributed by atoms with Crippen molar-refractivity contribution in [3.63, 3.8) is 0 Å². The Hall–Kier alpha value is -2.80. The number of hydrogen-bond acceptors (Lipinski definition) is 5. The number of halogens is 1. The van der Waals surface area contributed by atoms with Gasteiger partial charge in [0.1, 0.15) is 24.3 Å². The molecule has 26 heavy (non-hydrogen) atoms. The number of ether oxygens (including phenoxy) is 1. The molecule has 136 valence electrons. The van der Waals surface area contributed by atoms with Gasteiger partial charge in [-0.05, 0) is 60.9 Å². The summed E-state index contributed by atoms with van der Waals surface area (Å²) in [7, 11) is 0. The van der Waals surface area contributed by atoms with E-state index in [1.54, 1.807) is 19.1 Å². The van der Waals surface area contributed by atoms with Crippen LogP contribution >= 0.6 is 0 Å². The summed E-state index contributed by atoms with van der Waals surface area (Å²) in [6, 6.07) is 10.5. The Morgan fingerprint density at radius 2 is 1.85 bits per heavy atom. The number of aliphatic hydroxyl groups is 1. The highest BCUT2D eigenvalue weighted by molar-refractivity contribution is 5.55. The Bertz CT molecular complexity index is 890. The summed E-state index contributed by atoms with van der Waals surface area (Å²) in [4.78, 5) is 1.31. The highest BCUT2D eigenvalue weighted by Crippen LogP contribution is 2.22. The van der Waals surface area contributed by atoms with Crippen LogP contribution in [0.3, 0.4) is 0 Å². The van der Waals surface area contributed by atoms with Gasteiger partial charge < -0.3 is 9.84 Å². The van der Waals surface area contributed by atoms with Gasteiger partial charge in [0.2, 0.25) is 5.82 Å². The molecule has 0 saturated carbocycles. The Kier molecular flexibility index (Phi) is 5.27. The topological polar surface area (TPSA) is 73.1 Å². The lowest BCUT2D eigenvalue weighted by Crippen LogP contribution is -2.25. The average molecular weight is 356 g/mol. The number of nitrogens with zero attached hydrogens (tertiary/aromatic N) is 4. The molecule has 0 bridgehead atoms. The number of rotatable bonds is 6. The molecule has 0 fully saturated rings. The first-order chi connectivity index (χ1) is 12.4. The number of aliphatic hydroxyl groups excluding tert-OH is 1. The number of aromatic nitrogens is 4. The Labute approximate surface area is 151 Å². The molecule has 6 nitrogen and oxygen atoms in total. The first-order valence-corrected chi connectivity index (χ1v) is 8.35. The van der Waals surface area contributed by atoms with Crippen LogP contribution in [0.25, 0.3) is 11.4 Å². The largest absolute Gasteiger partial charge is 0.490 e. The first-order valence-electron chi connectivity index (χ1n) is 8.35. The van der Waals surface area contributed by atoms with E-state index in [4.69, 9.17) is 4.74 Å². The van der Waals surface area contributed by atoms with Crippen LogP contribution in [0.1, 0.15) is 16.7 Å². The molecule has 3 aromatic rings. The number of benzene rings is 2. The molecule has 0 saturated heterocycles. The van der Waals surface area contributed by atoms with Crippen LogP contribution in [-0.4, -0.2) is 38.0 Å². The second-order valence-corrected chi connectivity index (χ2v) is 6.32. The molecule has 0 amide bonds. The van der Waals surface area contributed by atoms with Crippen LogP contribution in [0.4, 0.5) is 4.39 Å². The van der Waals surface area contributed by atoms with Crippen molar-refractivity contribution in [2.75, 3.05) is 6.61 Å². The van der Waals surface area contributed by atoms with Gasteiger partial charge in [-0.1, -0.05) is 18.2 Å². The maximum atomic E-state index is 13.4. The molecular weight excluding hydrogens is 335 g/mol. The van der Waals surface area contributed by atoms with E-state index in [9.17, 15) is 9.50 Å². The van der Waals surface area contributed by atoms with Gasteiger partial charge in [-0.25, -0.2) is 4.39 Å². The van der Waals surface area contributed by atoms with Crippen LogP contribution in [-0.2, 0) is 6.54 Å². The fraction of sp³-hybridized carbons (Fsp3) is 0.316. The molecule has 3 rings (SSSR count). The maximum absolute atomic E-state index is 13.4. The molecule has 0 aliphatic carbocycles. The predicted octanol–water partition coefficient (Wildman–Crippen LogP) is 2.84. The summed E-state index contributed by atoms with van der Waals surface area (Å²) in [6.07, 6.45) is -0.786. The smallest absolute Gasteiger partial charge is 0.204 e. The van der Waals surface area contributed by atoms with Gasteiger partial charge in [0.15, 0.2) is 0 Å². The summed E-state index contributed by atoms with van der Waals surface area (Å²) >= 11 is 0. The van der Waals surface area contributed by atoms with E-state index in [0.29, 0.717) is 17.0 Å². The molecule has 1 heterocycles. The summed E-state index contributed by atoms with van der Waals surface area (Å²) in [5.41, 5.74) is 3.23. The second kappa shape index (κ2) is 7.61. The molecule has 1 atom stereocenters. The van der Waals surface area contributed by atoms with Crippen LogP contribution in [0.15, 0.2) is 36.4 Å². The third kappa shape index (κ3) is 4.05. The van der Waals surface area contributed by atoms with Crippen LogP contribution < -0.4 is 4.74 Å². The second-order valence-electron chi connectivity index (χ2n) is 6.32. The monoisotopic (exact) mass is 356 g/mol. The van der Waals surface area contributed by atoms with Gasteiger partial charge in [-0.2, -0.15) is 4.80 Å². The van der Waals surface area contributed by atoms with Gasteiger partial charge in [0, 0.05) is 5.56 Å². The summed E-state index contributed by atoms with van der Waals surface area (Å²) < 4.78 is 19.1. The van der Waals surface area contributed by atoms with Crippen molar-refractivity contribution in [3.05, 3.63) is 58.9 Å². The van der Waals surface area contributed by atoms with Gasteiger partial charge in [0.25, 0.3) is 0 Å². The van der Waals surface area contributed by atoms with Crippen molar-refractivity contribution in [2.45, 2.75) is 33.4 Å². The van der Waals surface area contributed by atoms with E-state index >= 15 is 0 Å². The molecule has 1 aromatic heterocycles. The zero-order valence-electron chi connectivity index (χ0n) is 15.0. The van der Waals surface area contributed by atoms with Crippen molar-refractivity contribution < 1.29 is 14.2 Å². The zero-order chi connectivity index (χ0) is 18.7. The van der Waals surface area contributed by atoms with Crippen LogP contribution in [0.5, 0.6) is 5.75 Å².